The lowest BCUT2D eigenvalue weighted by atomic mass is 9.84. The van der Waals surface area contributed by atoms with E-state index in [9.17, 15) is 4.79 Å². The van der Waals surface area contributed by atoms with Gasteiger partial charge in [0.25, 0.3) is 0 Å². The van der Waals surface area contributed by atoms with Crippen LogP contribution in [0.25, 0.3) is 0 Å². The largest absolute Gasteiger partial charge is 0.459 e. The number of esters is 1. The molecule has 2 rings (SSSR count). The topological polar surface area (TPSA) is 26.3 Å². The summed E-state index contributed by atoms with van der Waals surface area (Å²) in [5.41, 5.74) is 1.69. The molecule has 0 bridgehead atoms. The maximum absolute atomic E-state index is 12.0. The van der Waals surface area contributed by atoms with Gasteiger partial charge in [0.2, 0.25) is 0 Å². The molecule has 23 heavy (non-hydrogen) atoms. The summed E-state index contributed by atoms with van der Waals surface area (Å²) in [6.45, 7) is 5.51. The second-order valence-corrected chi connectivity index (χ2v) is 8.33. The maximum Gasteiger partial charge on any atom is 0.324 e. The van der Waals surface area contributed by atoms with Crippen LogP contribution >= 0.6 is 23.2 Å². The van der Waals surface area contributed by atoms with Crippen LogP contribution in [0.2, 0.25) is 5.02 Å². The minimum absolute atomic E-state index is 0.383. The van der Waals surface area contributed by atoms with Crippen LogP contribution in [0, 0.1) is 0 Å². The number of ether oxygens (including phenoxy) is 1. The molecule has 0 spiro atoms. The zero-order valence-corrected chi connectivity index (χ0v) is 15.7. The first-order valence-electron chi connectivity index (χ1n) is 8.41. The van der Waals surface area contributed by atoms with Gasteiger partial charge in [0.1, 0.15) is 11.0 Å². The summed E-state index contributed by atoms with van der Waals surface area (Å²) in [5, 5.41) is 0.105. The molecule has 1 saturated carbocycles. The molecule has 1 unspecified atom stereocenters. The van der Waals surface area contributed by atoms with E-state index in [1.165, 1.54) is 37.7 Å². The van der Waals surface area contributed by atoms with Crippen LogP contribution in [-0.2, 0) is 16.0 Å². The van der Waals surface area contributed by atoms with Crippen molar-refractivity contribution in [2.45, 2.75) is 76.2 Å². The highest BCUT2D eigenvalue weighted by atomic mass is 35.5. The van der Waals surface area contributed by atoms with Gasteiger partial charge >= 0.3 is 5.97 Å². The first-order valence-corrected chi connectivity index (χ1v) is 9.23. The second kappa shape index (κ2) is 7.90. The third kappa shape index (κ3) is 5.69. The lowest BCUT2D eigenvalue weighted by Crippen LogP contribution is -2.30. The van der Waals surface area contributed by atoms with Crippen molar-refractivity contribution in [3.05, 3.63) is 34.3 Å². The summed E-state index contributed by atoms with van der Waals surface area (Å²) in [4.78, 5) is 12.0. The molecule has 1 aromatic rings. The highest BCUT2D eigenvalue weighted by Gasteiger charge is 2.24. The van der Waals surface area contributed by atoms with Crippen molar-refractivity contribution in [1.29, 1.82) is 0 Å². The molecule has 0 heterocycles. The molecule has 1 fully saturated rings. The number of carbonyl (C=O) groups excluding carboxylic acids is 1. The fraction of sp³-hybridized carbons (Fsp3) is 0.632. The Hall–Kier alpha value is -0.730. The van der Waals surface area contributed by atoms with Gasteiger partial charge in [0.05, 0.1) is 0 Å². The number of alkyl halides is 1. The van der Waals surface area contributed by atoms with Gasteiger partial charge in [-0.1, -0.05) is 43.0 Å². The van der Waals surface area contributed by atoms with E-state index >= 15 is 0 Å². The van der Waals surface area contributed by atoms with E-state index in [0.717, 1.165) is 10.6 Å². The molecule has 0 aromatic heterocycles. The maximum atomic E-state index is 12.0. The number of hydrogen-bond acceptors (Lipinski definition) is 2. The van der Waals surface area contributed by atoms with Crippen molar-refractivity contribution in [1.82, 2.24) is 0 Å². The molecule has 0 aliphatic heterocycles. The quantitative estimate of drug-likeness (QED) is 0.497. The Morgan fingerprint density at radius 3 is 2.48 bits per heavy atom. The minimum atomic E-state index is -0.689. The van der Waals surface area contributed by atoms with Gasteiger partial charge in [-0.15, -0.1) is 11.6 Å². The van der Waals surface area contributed by atoms with Crippen molar-refractivity contribution in [2.75, 3.05) is 0 Å². The van der Waals surface area contributed by atoms with Gasteiger partial charge in [-0.2, -0.15) is 0 Å². The first kappa shape index (κ1) is 18.6. The van der Waals surface area contributed by atoms with E-state index in [-0.39, 0.29) is 5.97 Å². The number of halogens is 2. The summed E-state index contributed by atoms with van der Waals surface area (Å²) in [6.07, 6.45) is 6.76. The smallest absolute Gasteiger partial charge is 0.324 e. The Morgan fingerprint density at radius 1 is 1.26 bits per heavy atom. The monoisotopic (exact) mass is 356 g/mol. The van der Waals surface area contributed by atoms with Gasteiger partial charge < -0.3 is 4.74 Å². The molecule has 1 aliphatic rings. The van der Waals surface area contributed by atoms with Crippen molar-refractivity contribution >= 4 is 29.2 Å². The van der Waals surface area contributed by atoms with E-state index in [2.05, 4.69) is 6.07 Å². The minimum Gasteiger partial charge on any atom is -0.459 e. The summed E-state index contributed by atoms with van der Waals surface area (Å²) in [7, 11) is 0. The SMILES string of the molecule is CC(C)(C)OC(=O)C(Cl)Cc1ccc(C2CCCCC2)c(Cl)c1. The van der Waals surface area contributed by atoms with Gasteiger partial charge in [-0.05, 0) is 63.1 Å². The average molecular weight is 357 g/mol. The zero-order chi connectivity index (χ0) is 17.0. The van der Waals surface area contributed by atoms with E-state index in [1.54, 1.807) is 0 Å². The Labute approximate surface area is 149 Å². The lowest BCUT2D eigenvalue weighted by Gasteiger charge is -2.23. The third-order valence-electron chi connectivity index (χ3n) is 4.19. The predicted octanol–water partition coefficient (Wildman–Crippen LogP) is 5.88. The van der Waals surface area contributed by atoms with E-state index in [1.807, 2.05) is 32.9 Å². The normalized spacial score (nSPS) is 17.8. The van der Waals surface area contributed by atoms with E-state index < -0.39 is 11.0 Å². The summed E-state index contributed by atoms with van der Waals surface area (Å²) in [6, 6.07) is 6.09. The van der Waals surface area contributed by atoms with Crippen molar-refractivity contribution in [3.63, 3.8) is 0 Å². The molecular weight excluding hydrogens is 331 g/mol. The second-order valence-electron chi connectivity index (χ2n) is 7.40. The Bertz CT molecular complexity index is 543. The molecule has 128 valence electrons. The molecule has 0 saturated heterocycles. The average Bonchev–Trinajstić information content (AvgIpc) is 2.46. The molecule has 0 amide bonds. The standard InChI is InChI=1S/C19H26Cl2O2/c1-19(2,3)23-18(22)17(21)12-13-9-10-15(16(20)11-13)14-7-5-4-6-8-14/h9-11,14,17H,4-8,12H2,1-3H3. The van der Waals surface area contributed by atoms with Gasteiger partial charge in [0.15, 0.2) is 0 Å². The van der Waals surface area contributed by atoms with Gasteiger partial charge in [-0.3, -0.25) is 4.79 Å². The summed E-state index contributed by atoms with van der Waals surface area (Å²) >= 11 is 12.7. The Balaban J connectivity index is 2.01. The number of rotatable bonds is 4. The predicted molar refractivity (Wildman–Crippen MR) is 96.5 cm³/mol. The fourth-order valence-corrected chi connectivity index (χ4v) is 3.68. The third-order valence-corrected chi connectivity index (χ3v) is 4.85. The highest BCUT2D eigenvalue weighted by molar-refractivity contribution is 6.31. The van der Waals surface area contributed by atoms with Crippen molar-refractivity contribution in [3.8, 4) is 0 Å². The molecule has 1 aromatic carbocycles. The zero-order valence-electron chi connectivity index (χ0n) is 14.2. The molecule has 1 atom stereocenters. The first-order chi connectivity index (χ1) is 10.8. The number of hydrogen-bond donors (Lipinski definition) is 0. The van der Waals surface area contributed by atoms with Crippen LogP contribution in [0.15, 0.2) is 18.2 Å². The molecule has 0 N–H and O–H groups in total. The number of benzene rings is 1. The Morgan fingerprint density at radius 2 is 1.91 bits per heavy atom. The van der Waals surface area contributed by atoms with E-state index in [0.29, 0.717) is 12.3 Å². The molecule has 0 radical (unpaired) electrons. The summed E-state index contributed by atoms with van der Waals surface area (Å²) in [5.74, 6) is 0.189. The lowest BCUT2D eigenvalue weighted by molar-refractivity contribution is -0.154. The number of carbonyl (C=O) groups is 1. The van der Waals surface area contributed by atoms with Crippen LogP contribution in [0.4, 0.5) is 0 Å². The van der Waals surface area contributed by atoms with E-state index in [4.69, 9.17) is 27.9 Å². The molecule has 4 heteroatoms. The van der Waals surface area contributed by atoms with Gasteiger partial charge in [0, 0.05) is 5.02 Å². The fourth-order valence-electron chi connectivity index (χ4n) is 3.10. The Kier molecular flexibility index (Phi) is 6.39. The molecule has 1 aliphatic carbocycles. The molecular formula is C19H26Cl2O2. The van der Waals surface area contributed by atoms with Crippen molar-refractivity contribution in [2.24, 2.45) is 0 Å². The van der Waals surface area contributed by atoms with Gasteiger partial charge in [-0.25, -0.2) is 0 Å². The molecule has 2 nitrogen and oxygen atoms in total. The van der Waals surface area contributed by atoms with Crippen LogP contribution in [0.3, 0.4) is 0 Å². The van der Waals surface area contributed by atoms with Crippen LogP contribution in [0.5, 0.6) is 0 Å². The van der Waals surface area contributed by atoms with Crippen LogP contribution in [-0.4, -0.2) is 16.9 Å². The van der Waals surface area contributed by atoms with Crippen LogP contribution < -0.4 is 0 Å². The van der Waals surface area contributed by atoms with Crippen LogP contribution in [0.1, 0.15) is 69.9 Å². The highest BCUT2D eigenvalue weighted by Crippen LogP contribution is 2.36. The summed E-state index contributed by atoms with van der Waals surface area (Å²) < 4.78 is 5.32. The van der Waals surface area contributed by atoms with Crippen molar-refractivity contribution < 1.29 is 9.53 Å².